The molecule has 1 saturated carbocycles. The van der Waals surface area contributed by atoms with Gasteiger partial charge in [0.05, 0.1) is 12.0 Å². The molecule has 0 unspecified atom stereocenters. The van der Waals surface area contributed by atoms with Crippen LogP contribution >= 0.6 is 0 Å². The normalized spacial score (nSPS) is 24.8. The first kappa shape index (κ1) is 17.0. The van der Waals surface area contributed by atoms with E-state index < -0.39 is 0 Å². The smallest absolute Gasteiger partial charge is 0.274 e. The van der Waals surface area contributed by atoms with Gasteiger partial charge in [-0.15, -0.1) is 0 Å². The Kier molecular flexibility index (Phi) is 4.64. The van der Waals surface area contributed by atoms with Gasteiger partial charge in [-0.3, -0.25) is 9.59 Å². The Morgan fingerprint density at radius 2 is 2.04 bits per heavy atom. The maximum atomic E-state index is 13.1. The van der Waals surface area contributed by atoms with Gasteiger partial charge in [0.25, 0.3) is 5.56 Å². The van der Waals surface area contributed by atoms with Crippen LogP contribution in [-0.4, -0.2) is 23.6 Å². The largest absolute Gasteiger partial charge is 0.321 e. The minimum Gasteiger partial charge on any atom is -0.321 e. The highest BCUT2D eigenvalue weighted by atomic mass is 16.2. The third-order valence-electron chi connectivity index (χ3n) is 5.95. The molecule has 1 saturated heterocycles. The quantitative estimate of drug-likeness (QED) is 0.890. The number of pyridine rings is 1. The van der Waals surface area contributed by atoms with Crippen LogP contribution in [-0.2, 0) is 11.3 Å². The summed E-state index contributed by atoms with van der Waals surface area (Å²) in [6, 6.07) is 13.4. The molecule has 0 radical (unpaired) electrons. The number of rotatable bonds is 4. The van der Waals surface area contributed by atoms with Crippen molar-refractivity contribution in [2.24, 2.45) is 11.3 Å². The summed E-state index contributed by atoms with van der Waals surface area (Å²) in [5, 5.41) is 6.34. The summed E-state index contributed by atoms with van der Waals surface area (Å²) in [4.78, 5) is 25.9. The van der Waals surface area contributed by atoms with Gasteiger partial charge in [0.1, 0.15) is 5.69 Å². The molecule has 5 heteroatoms. The fourth-order valence-electron chi connectivity index (χ4n) is 4.47. The first-order chi connectivity index (χ1) is 12.7. The highest BCUT2D eigenvalue weighted by molar-refractivity contribution is 5.96. The summed E-state index contributed by atoms with van der Waals surface area (Å²) in [6.07, 6.45) is 6.04. The Morgan fingerprint density at radius 3 is 2.88 bits per heavy atom. The molecule has 2 fully saturated rings. The molecule has 1 aromatic heterocycles. The third kappa shape index (κ3) is 3.07. The van der Waals surface area contributed by atoms with Crippen molar-refractivity contribution < 1.29 is 4.79 Å². The maximum Gasteiger partial charge on any atom is 0.274 e. The maximum absolute atomic E-state index is 13.1. The third-order valence-corrected chi connectivity index (χ3v) is 5.95. The molecule has 2 atom stereocenters. The molecular formula is C21H25N3O2. The predicted molar refractivity (Wildman–Crippen MR) is 102 cm³/mol. The molecule has 5 nitrogen and oxygen atoms in total. The van der Waals surface area contributed by atoms with Gasteiger partial charge in [-0.1, -0.05) is 43.2 Å². The van der Waals surface area contributed by atoms with E-state index in [4.69, 9.17) is 0 Å². The van der Waals surface area contributed by atoms with Crippen LogP contribution in [0, 0.1) is 11.3 Å². The van der Waals surface area contributed by atoms with Crippen molar-refractivity contribution in [3.8, 4) is 0 Å². The van der Waals surface area contributed by atoms with Crippen LogP contribution in [0.4, 0.5) is 5.69 Å². The van der Waals surface area contributed by atoms with Gasteiger partial charge in [0, 0.05) is 12.7 Å². The van der Waals surface area contributed by atoms with E-state index in [0.29, 0.717) is 24.7 Å². The molecule has 2 aliphatic rings. The Labute approximate surface area is 153 Å². The van der Waals surface area contributed by atoms with Crippen molar-refractivity contribution >= 4 is 11.6 Å². The van der Waals surface area contributed by atoms with Gasteiger partial charge < -0.3 is 15.2 Å². The van der Waals surface area contributed by atoms with Crippen LogP contribution in [0.3, 0.4) is 0 Å². The van der Waals surface area contributed by atoms with Gasteiger partial charge in [-0.25, -0.2) is 0 Å². The summed E-state index contributed by atoms with van der Waals surface area (Å²) < 4.78 is 1.65. The van der Waals surface area contributed by atoms with E-state index >= 15 is 0 Å². The van der Waals surface area contributed by atoms with Crippen LogP contribution in [0.1, 0.15) is 31.2 Å². The Hall–Kier alpha value is -2.40. The van der Waals surface area contributed by atoms with Crippen LogP contribution in [0.15, 0.2) is 53.5 Å². The lowest BCUT2D eigenvalue weighted by Gasteiger charge is -2.37. The average molecular weight is 351 g/mol. The first-order valence-corrected chi connectivity index (χ1v) is 9.45. The summed E-state index contributed by atoms with van der Waals surface area (Å²) in [5.74, 6) is 0.383. The second-order valence-corrected chi connectivity index (χ2v) is 7.52. The van der Waals surface area contributed by atoms with E-state index in [1.807, 2.05) is 36.4 Å². The van der Waals surface area contributed by atoms with Gasteiger partial charge >= 0.3 is 0 Å². The predicted octanol–water partition coefficient (Wildman–Crippen LogP) is 2.61. The minimum absolute atomic E-state index is 0.00163. The van der Waals surface area contributed by atoms with Crippen LogP contribution in [0.25, 0.3) is 0 Å². The van der Waals surface area contributed by atoms with Crippen LogP contribution in [0.5, 0.6) is 0 Å². The molecule has 2 N–H and O–H groups in total. The molecule has 1 amide bonds. The van der Waals surface area contributed by atoms with Gasteiger partial charge in [-0.05, 0) is 43.0 Å². The van der Waals surface area contributed by atoms with Crippen molar-refractivity contribution in [1.29, 1.82) is 0 Å². The zero-order chi connectivity index (χ0) is 18.0. The van der Waals surface area contributed by atoms with E-state index in [1.54, 1.807) is 16.8 Å². The molecular weight excluding hydrogens is 326 g/mol. The Balaban J connectivity index is 1.56. The van der Waals surface area contributed by atoms with E-state index in [1.165, 1.54) is 6.42 Å². The number of amides is 1. The van der Waals surface area contributed by atoms with Crippen LogP contribution < -0.4 is 16.2 Å². The average Bonchev–Trinajstić information content (AvgIpc) is 3.11. The molecule has 2 heterocycles. The fraction of sp³-hybridized carbons (Fsp3) is 0.429. The minimum atomic E-state index is -0.356. The highest BCUT2D eigenvalue weighted by Crippen LogP contribution is 2.44. The fourth-order valence-corrected chi connectivity index (χ4v) is 4.47. The number of nitrogens with one attached hydrogen (secondary N) is 2. The second kappa shape index (κ2) is 7.08. The van der Waals surface area contributed by atoms with Crippen molar-refractivity contribution in [1.82, 2.24) is 9.88 Å². The highest BCUT2D eigenvalue weighted by Gasteiger charge is 2.49. The number of carbonyl (C=O) groups is 1. The topological polar surface area (TPSA) is 63.1 Å². The van der Waals surface area contributed by atoms with Crippen molar-refractivity contribution in [3.05, 3.63) is 64.6 Å². The number of benzene rings is 1. The number of anilines is 1. The summed E-state index contributed by atoms with van der Waals surface area (Å²) >= 11 is 0. The molecule has 4 rings (SSSR count). The summed E-state index contributed by atoms with van der Waals surface area (Å²) in [7, 11) is 0. The number of hydrogen-bond donors (Lipinski definition) is 2. The van der Waals surface area contributed by atoms with Gasteiger partial charge in [-0.2, -0.15) is 0 Å². The Bertz CT molecular complexity index is 846. The molecule has 1 aliphatic carbocycles. The van der Waals surface area contributed by atoms with Crippen molar-refractivity contribution in [3.63, 3.8) is 0 Å². The zero-order valence-electron chi connectivity index (χ0n) is 14.9. The van der Waals surface area contributed by atoms with Gasteiger partial charge in [0.15, 0.2) is 0 Å². The number of hydrogen-bond acceptors (Lipinski definition) is 3. The van der Waals surface area contributed by atoms with E-state index in [-0.39, 0.29) is 16.9 Å². The molecule has 1 aliphatic heterocycles. The summed E-state index contributed by atoms with van der Waals surface area (Å²) in [5.41, 5.74) is 0.924. The Morgan fingerprint density at radius 1 is 1.19 bits per heavy atom. The molecule has 1 aromatic carbocycles. The van der Waals surface area contributed by atoms with Crippen molar-refractivity contribution in [2.45, 2.75) is 32.2 Å². The van der Waals surface area contributed by atoms with Crippen LogP contribution in [0.2, 0.25) is 0 Å². The second-order valence-electron chi connectivity index (χ2n) is 7.52. The van der Waals surface area contributed by atoms with Crippen molar-refractivity contribution in [2.75, 3.05) is 18.4 Å². The molecule has 2 aromatic rings. The lowest BCUT2D eigenvalue weighted by Crippen LogP contribution is -2.45. The summed E-state index contributed by atoms with van der Waals surface area (Å²) in [6.45, 7) is 2.12. The SMILES string of the molecule is O=C(Nc1cccn(Cc2ccccc2)c1=O)[C@@]12CCCC[C@H]1CNC2. The number of carbonyl (C=O) groups excluding carboxylic acids is 1. The zero-order valence-corrected chi connectivity index (χ0v) is 14.9. The standard InChI is InChI=1S/C21H25N3O2/c25-19-18(10-6-12-24(19)14-16-7-2-1-3-8-16)23-20(26)21-11-5-4-9-17(21)13-22-15-21/h1-3,6-8,10,12,17,22H,4-5,9,11,13-15H2,(H,23,26)/t17-,21+/m0/s1. The first-order valence-electron chi connectivity index (χ1n) is 9.45. The molecule has 0 spiro atoms. The van der Waals surface area contributed by atoms with E-state index in [0.717, 1.165) is 31.4 Å². The molecule has 136 valence electrons. The monoisotopic (exact) mass is 351 g/mol. The molecule has 0 bridgehead atoms. The van der Waals surface area contributed by atoms with E-state index in [2.05, 4.69) is 10.6 Å². The van der Waals surface area contributed by atoms with E-state index in [9.17, 15) is 9.59 Å². The van der Waals surface area contributed by atoms with Gasteiger partial charge in [0.2, 0.25) is 5.91 Å². The molecule has 26 heavy (non-hydrogen) atoms. The number of fused-ring (bicyclic) bond motifs is 1. The lowest BCUT2D eigenvalue weighted by molar-refractivity contribution is -0.128. The number of nitrogens with zero attached hydrogens (tertiary/aromatic N) is 1. The lowest BCUT2D eigenvalue weighted by atomic mass is 9.67. The number of aromatic nitrogens is 1.